The van der Waals surface area contributed by atoms with Crippen molar-refractivity contribution in [2.45, 2.75) is 19.6 Å². The Balaban J connectivity index is 1.58. The lowest BCUT2D eigenvalue weighted by molar-refractivity contribution is -0.137. The predicted molar refractivity (Wildman–Crippen MR) is 110 cm³/mol. The van der Waals surface area contributed by atoms with Crippen LogP contribution in [0.25, 0.3) is 15.5 Å². The molecule has 4 aromatic rings. The molecule has 2 aromatic heterocycles. The normalized spacial score (nSPS) is 11.6. The summed E-state index contributed by atoms with van der Waals surface area (Å²) in [7, 11) is 0. The number of fused-ring (bicyclic) bond motifs is 1. The fourth-order valence-corrected chi connectivity index (χ4v) is 3.88. The van der Waals surface area contributed by atoms with E-state index >= 15 is 0 Å². The first kappa shape index (κ1) is 20.7. The standard InChI is InChI=1S/C21H15F3N4O2S/c1-12-6-8-13(9-7-12)19-27-28-17(29)10-14(26-20(28)31-19)11-25-18(30)15-4-2-3-5-16(15)21(22,23)24/h2-10H,11H2,1H3,(H,25,30). The van der Waals surface area contributed by atoms with Crippen LogP contribution in [0.5, 0.6) is 0 Å². The lowest BCUT2D eigenvalue weighted by atomic mass is 10.1. The molecular weight excluding hydrogens is 429 g/mol. The number of halogens is 3. The maximum atomic E-state index is 13.1. The zero-order chi connectivity index (χ0) is 22.2. The summed E-state index contributed by atoms with van der Waals surface area (Å²) in [4.78, 5) is 29.4. The molecule has 2 aromatic carbocycles. The minimum atomic E-state index is -4.65. The Labute approximate surface area is 178 Å². The van der Waals surface area contributed by atoms with Gasteiger partial charge in [-0.3, -0.25) is 9.59 Å². The van der Waals surface area contributed by atoms with Gasteiger partial charge in [0.1, 0.15) is 5.01 Å². The number of alkyl halides is 3. The third-order valence-corrected chi connectivity index (χ3v) is 5.46. The number of hydrogen-bond acceptors (Lipinski definition) is 5. The van der Waals surface area contributed by atoms with Gasteiger partial charge in [-0.2, -0.15) is 22.8 Å². The molecule has 0 aliphatic carbocycles. The van der Waals surface area contributed by atoms with Crippen molar-refractivity contribution in [1.29, 1.82) is 0 Å². The minimum absolute atomic E-state index is 0.200. The van der Waals surface area contributed by atoms with Gasteiger partial charge in [0.05, 0.1) is 23.4 Å². The highest BCUT2D eigenvalue weighted by Crippen LogP contribution is 2.31. The first-order valence-corrected chi connectivity index (χ1v) is 9.95. The number of aryl methyl sites for hydroxylation is 1. The summed E-state index contributed by atoms with van der Waals surface area (Å²) in [5.41, 5.74) is 0.180. The fourth-order valence-electron chi connectivity index (χ4n) is 2.95. The Morgan fingerprint density at radius 3 is 2.55 bits per heavy atom. The van der Waals surface area contributed by atoms with E-state index in [0.717, 1.165) is 27.8 Å². The number of rotatable bonds is 4. The van der Waals surface area contributed by atoms with Gasteiger partial charge < -0.3 is 5.32 Å². The van der Waals surface area contributed by atoms with Crippen molar-refractivity contribution in [3.8, 4) is 10.6 Å². The molecule has 4 rings (SSSR count). The molecule has 158 valence electrons. The van der Waals surface area contributed by atoms with Crippen LogP contribution in [0.2, 0.25) is 0 Å². The van der Waals surface area contributed by atoms with Gasteiger partial charge in [0, 0.05) is 11.6 Å². The van der Waals surface area contributed by atoms with Crippen molar-refractivity contribution < 1.29 is 18.0 Å². The molecule has 0 atom stereocenters. The molecule has 0 aliphatic heterocycles. The highest BCUT2D eigenvalue weighted by atomic mass is 32.1. The molecule has 1 amide bonds. The molecule has 1 N–H and O–H groups in total. The Bertz CT molecular complexity index is 1330. The SMILES string of the molecule is Cc1ccc(-c2nn3c(=O)cc(CNC(=O)c4ccccc4C(F)(F)F)nc3s2)cc1. The van der Waals surface area contributed by atoms with Crippen LogP contribution in [-0.4, -0.2) is 20.5 Å². The number of carbonyl (C=O) groups is 1. The maximum Gasteiger partial charge on any atom is 0.417 e. The molecule has 0 fully saturated rings. The van der Waals surface area contributed by atoms with Crippen molar-refractivity contribution in [3.63, 3.8) is 0 Å². The van der Waals surface area contributed by atoms with Crippen molar-refractivity contribution in [3.05, 3.63) is 87.3 Å². The zero-order valence-corrected chi connectivity index (χ0v) is 16.9. The van der Waals surface area contributed by atoms with Crippen molar-refractivity contribution >= 4 is 22.2 Å². The van der Waals surface area contributed by atoms with Crippen LogP contribution in [0, 0.1) is 6.92 Å². The fraction of sp³-hybridized carbons (Fsp3) is 0.143. The Hall–Kier alpha value is -3.53. The molecule has 0 saturated heterocycles. The van der Waals surface area contributed by atoms with E-state index in [0.29, 0.717) is 9.97 Å². The quantitative estimate of drug-likeness (QED) is 0.515. The third-order valence-electron chi connectivity index (χ3n) is 4.50. The number of amides is 1. The highest BCUT2D eigenvalue weighted by molar-refractivity contribution is 7.19. The number of aromatic nitrogens is 3. The summed E-state index contributed by atoms with van der Waals surface area (Å²) >= 11 is 1.20. The van der Waals surface area contributed by atoms with E-state index in [2.05, 4.69) is 15.4 Å². The topological polar surface area (TPSA) is 76.4 Å². The predicted octanol–water partition coefficient (Wildman–Crippen LogP) is 4.08. The van der Waals surface area contributed by atoms with Crippen LogP contribution in [-0.2, 0) is 12.7 Å². The van der Waals surface area contributed by atoms with Crippen LogP contribution in [0.3, 0.4) is 0 Å². The van der Waals surface area contributed by atoms with Gasteiger partial charge in [-0.1, -0.05) is 53.3 Å². The number of carbonyl (C=O) groups excluding carboxylic acids is 1. The molecule has 2 heterocycles. The first-order chi connectivity index (χ1) is 14.7. The molecule has 31 heavy (non-hydrogen) atoms. The van der Waals surface area contributed by atoms with Gasteiger partial charge in [0.25, 0.3) is 11.5 Å². The Morgan fingerprint density at radius 1 is 1.13 bits per heavy atom. The first-order valence-electron chi connectivity index (χ1n) is 9.13. The van der Waals surface area contributed by atoms with Gasteiger partial charge in [-0.15, -0.1) is 0 Å². The monoisotopic (exact) mass is 444 g/mol. The molecule has 0 saturated carbocycles. The second-order valence-corrected chi connectivity index (χ2v) is 7.74. The van der Waals surface area contributed by atoms with E-state index in [-0.39, 0.29) is 12.2 Å². The van der Waals surface area contributed by atoms with E-state index in [9.17, 15) is 22.8 Å². The molecular formula is C21H15F3N4O2S. The largest absolute Gasteiger partial charge is 0.417 e. The molecule has 10 heteroatoms. The van der Waals surface area contributed by atoms with Crippen LogP contribution in [0.1, 0.15) is 27.2 Å². The second kappa shape index (κ2) is 7.95. The van der Waals surface area contributed by atoms with Gasteiger partial charge in [0.2, 0.25) is 4.96 Å². The zero-order valence-electron chi connectivity index (χ0n) is 16.1. The molecule has 0 unspecified atom stereocenters. The average Bonchev–Trinajstić information content (AvgIpc) is 3.17. The summed E-state index contributed by atoms with van der Waals surface area (Å²) in [6.07, 6.45) is -4.65. The maximum absolute atomic E-state index is 13.1. The van der Waals surface area contributed by atoms with Gasteiger partial charge in [-0.05, 0) is 19.1 Å². The van der Waals surface area contributed by atoms with Crippen molar-refractivity contribution in [1.82, 2.24) is 19.9 Å². The lowest BCUT2D eigenvalue weighted by Crippen LogP contribution is -2.27. The number of nitrogens with zero attached hydrogens (tertiary/aromatic N) is 3. The number of hydrogen-bond donors (Lipinski definition) is 1. The Morgan fingerprint density at radius 2 is 1.84 bits per heavy atom. The third kappa shape index (κ3) is 4.33. The van der Waals surface area contributed by atoms with Crippen LogP contribution in [0.4, 0.5) is 13.2 Å². The molecule has 0 radical (unpaired) electrons. The summed E-state index contributed by atoms with van der Waals surface area (Å²) in [6, 6.07) is 13.3. The minimum Gasteiger partial charge on any atom is -0.346 e. The lowest BCUT2D eigenvalue weighted by Gasteiger charge is -2.12. The van der Waals surface area contributed by atoms with E-state index in [1.807, 2.05) is 31.2 Å². The van der Waals surface area contributed by atoms with E-state index in [1.54, 1.807) is 0 Å². The van der Waals surface area contributed by atoms with Gasteiger partial charge in [-0.25, -0.2) is 4.98 Å². The van der Waals surface area contributed by atoms with Crippen LogP contribution in [0.15, 0.2) is 59.4 Å². The molecule has 0 spiro atoms. The van der Waals surface area contributed by atoms with Crippen LogP contribution < -0.4 is 10.9 Å². The highest BCUT2D eigenvalue weighted by Gasteiger charge is 2.34. The number of benzene rings is 2. The van der Waals surface area contributed by atoms with E-state index in [1.165, 1.54) is 29.5 Å². The number of nitrogens with one attached hydrogen (secondary N) is 1. The smallest absolute Gasteiger partial charge is 0.346 e. The molecule has 0 aliphatic rings. The molecule has 6 nitrogen and oxygen atoms in total. The van der Waals surface area contributed by atoms with E-state index < -0.39 is 28.8 Å². The van der Waals surface area contributed by atoms with Gasteiger partial charge >= 0.3 is 6.18 Å². The van der Waals surface area contributed by atoms with E-state index in [4.69, 9.17) is 0 Å². The summed E-state index contributed by atoms with van der Waals surface area (Å²) < 4.78 is 40.5. The van der Waals surface area contributed by atoms with Crippen LogP contribution >= 0.6 is 11.3 Å². The van der Waals surface area contributed by atoms with Crippen molar-refractivity contribution in [2.75, 3.05) is 0 Å². The molecule has 0 bridgehead atoms. The summed E-state index contributed by atoms with van der Waals surface area (Å²) in [5, 5.41) is 7.28. The Kier molecular flexibility index (Phi) is 5.32. The average molecular weight is 444 g/mol. The summed E-state index contributed by atoms with van der Waals surface area (Å²) in [5.74, 6) is -0.903. The van der Waals surface area contributed by atoms with Gasteiger partial charge in [0.15, 0.2) is 0 Å². The summed E-state index contributed by atoms with van der Waals surface area (Å²) in [6.45, 7) is 1.76. The second-order valence-electron chi connectivity index (χ2n) is 6.78. The van der Waals surface area contributed by atoms with Crippen molar-refractivity contribution in [2.24, 2.45) is 0 Å².